The number of nitrogens with zero attached hydrogens (tertiary/aromatic N) is 1. The second-order valence-electron chi connectivity index (χ2n) is 5.04. The standard InChI is InChI=1S/C16H13FN2O/c17-13-3-4-14-15(8-13)20-16(19-14)11-2-1-10-5-6-18-9-12(10)7-11/h1-4,7-8,18H,5-6,9H2. The van der Waals surface area contributed by atoms with E-state index in [0.29, 0.717) is 17.0 Å². The Morgan fingerprint density at radius 3 is 3.00 bits per heavy atom. The van der Waals surface area contributed by atoms with Crippen LogP contribution in [0.3, 0.4) is 0 Å². The first kappa shape index (κ1) is 11.6. The minimum atomic E-state index is -0.310. The fourth-order valence-electron chi connectivity index (χ4n) is 2.64. The molecule has 0 spiro atoms. The maximum atomic E-state index is 13.2. The molecule has 2 aromatic carbocycles. The third-order valence-electron chi connectivity index (χ3n) is 3.69. The van der Waals surface area contributed by atoms with Crippen molar-refractivity contribution in [2.24, 2.45) is 0 Å². The molecule has 1 aliphatic heterocycles. The lowest BCUT2D eigenvalue weighted by Gasteiger charge is -2.17. The van der Waals surface area contributed by atoms with Gasteiger partial charge >= 0.3 is 0 Å². The van der Waals surface area contributed by atoms with Crippen molar-refractivity contribution in [1.82, 2.24) is 10.3 Å². The normalized spacial score (nSPS) is 14.4. The van der Waals surface area contributed by atoms with E-state index in [2.05, 4.69) is 22.4 Å². The highest BCUT2D eigenvalue weighted by Crippen LogP contribution is 2.27. The van der Waals surface area contributed by atoms with Crippen LogP contribution in [-0.4, -0.2) is 11.5 Å². The van der Waals surface area contributed by atoms with E-state index in [0.717, 1.165) is 25.1 Å². The number of hydrogen-bond acceptors (Lipinski definition) is 3. The van der Waals surface area contributed by atoms with Crippen LogP contribution >= 0.6 is 0 Å². The number of oxazole rings is 1. The Kier molecular flexibility index (Phi) is 2.57. The van der Waals surface area contributed by atoms with Crippen molar-refractivity contribution in [3.8, 4) is 11.5 Å². The maximum Gasteiger partial charge on any atom is 0.227 e. The van der Waals surface area contributed by atoms with Crippen LogP contribution in [0.15, 0.2) is 40.8 Å². The molecule has 4 heteroatoms. The molecule has 0 atom stereocenters. The molecule has 2 heterocycles. The number of nitrogens with one attached hydrogen (secondary N) is 1. The van der Waals surface area contributed by atoms with Gasteiger partial charge in [0.2, 0.25) is 5.89 Å². The van der Waals surface area contributed by atoms with Crippen molar-refractivity contribution in [3.05, 3.63) is 53.3 Å². The molecule has 0 amide bonds. The van der Waals surface area contributed by atoms with Gasteiger partial charge in [0.25, 0.3) is 0 Å². The molecule has 20 heavy (non-hydrogen) atoms. The Morgan fingerprint density at radius 2 is 2.05 bits per heavy atom. The summed E-state index contributed by atoms with van der Waals surface area (Å²) >= 11 is 0. The molecule has 100 valence electrons. The molecule has 1 N–H and O–H groups in total. The van der Waals surface area contributed by atoms with Crippen molar-refractivity contribution in [1.29, 1.82) is 0 Å². The van der Waals surface area contributed by atoms with Gasteiger partial charge < -0.3 is 9.73 Å². The van der Waals surface area contributed by atoms with Crippen molar-refractivity contribution in [2.75, 3.05) is 6.54 Å². The first-order valence-corrected chi connectivity index (χ1v) is 6.68. The lowest BCUT2D eigenvalue weighted by atomic mass is 9.98. The number of aromatic nitrogens is 1. The van der Waals surface area contributed by atoms with Gasteiger partial charge in [0, 0.05) is 18.2 Å². The smallest absolute Gasteiger partial charge is 0.227 e. The van der Waals surface area contributed by atoms with Gasteiger partial charge in [0.15, 0.2) is 5.58 Å². The lowest BCUT2D eigenvalue weighted by molar-refractivity contribution is 0.601. The molecular weight excluding hydrogens is 255 g/mol. The molecule has 0 bridgehead atoms. The third kappa shape index (κ3) is 1.89. The van der Waals surface area contributed by atoms with E-state index in [9.17, 15) is 4.39 Å². The van der Waals surface area contributed by atoms with Crippen molar-refractivity contribution in [2.45, 2.75) is 13.0 Å². The zero-order valence-corrected chi connectivity index (χ0v) is 10.8. The second kappa shape index (κ2) is 4.42. The fourth-order valence-corrected chi connectivity index (χ4v) is 2.64. The minimum absolute atomic E-state index is 0.310. The van der Waals surface area contributed by atoms with Gasteiger partial charge in [-0.1, -0.05) is 6.07 Å². The van der Waals surface area contributed by atoms with Gasteiger partial charge in [0.05, 0.1) is 0 Å². The van der Waals surface area contributed by atoms with E-state index in [1.165, 1.54) is 23.3 Å². The Bertz CT molecular complexity index is 794. The largest absolute Gasteiger partial charge is 0.436 e. The quantitative estimate of drug-likeness (QED) is 0.736. The van der Waals surface area contributed by atoms with Crippen LogP contribution in [-0.2, 0) is 13.0 Å². The van der Waals surface area contributed by atoms with E-state index in [1.54, 1.807) is 6.07 Å². The number of hydrogen-bond donors (Lipinski definition) is 1. The Balaban J connectivity index is 1.82. The van der Waals surface area contributed by atoms with Crippen LogP contribution in [0.4, 0.5) is 4.39 Å². The maximum absolute atomic E-state index is 13.2. The number of benzene rings is 2. The Hall–Kier alpha value is -2.20. The predicted molar refractivity (Wildman–Crippen MR) is 74.8 cm³/mol. The average Bonchev–Trinajstić information content (AvgIpc) is 2.89. The SMILES string of the molecule is Fc1ccc2nc(-c3ccc4c(c3)CNCC4)oc2c1. The van der Waals surface area contributed by atoms with Gasteiger partial charge in [-0.3, -0.25) is 0 Å². The topological polar surface area (TPSA) is 38.1 Å². The lowest BCUT2D eigenvalue weighted by Crippen LogP contribution is -2.23. The molecule has 3 aromatic rings. The summed E-state index contributed by atoms with van der Waals surface area (Å²) in [5, 5.41) is 3.35. The summed E-state index contributed by atoms with van der Waals surface area (Å²) in [6, 6.07) is 10.6. The molecule has 1 aliphatic rings. The van der Waals surface area contributed by atoms with E-state index in [-0.39, 0.29) is 5.82 Å². The summed E-state index contributed by atoms with van der Waals surface area (Å²) in [6.07, 6.45) is 1.05. The fraction of sp³-hybridized carbons (Fsp3) is 0.188. The van der Waals surface area contributed by atoms with Crippen LogP contribution < -0.4 is 5.32 Å². The molecule has 0 aliphatic carbocycles. The van der Waals surface area contributed by atoms with Crippen LogP contribution in [0, 0.1) is 5.82 Å². The molecule has 4 rings (SSSR count). The zero-order valence-electron chi connectivity index (χ0n) is 10.8. The summed E-state index contributed by atoms with van der Waals surface area (Å²) < 4.78 is 18.8. The first-order valence-electron chi connectivity index (χ1n) is 6.68. The molecule has 1 aromatic heterocycles. The van der Waals surface area contributed by atoms with Gasteiger partial charge in [0.1, 0.15) is 11.3 Å². The first-order chi connectivity index (χ1) is 9.79. The van der Waals surface area contributed by atoms with Crippen molar-refractivity contribution >= 4 is 11.1 Å². The molecule has 0 saturated carbocycles. The van der Waals surface area contributed by atoms with E-state index >= 15 is 0 Å². The highest BCUT2D eigenvalue weighted by atomic mass is 19.1. The monoisotopic (exact) mass is 268 g/mol. The summed E-state index contributed by atoms with van der Waals surface area (Å²) in [4.78, 5) is 4.42. The van der Waals surface area contributed by atoms with Crippen LogP contribution in [0.5, 0.6) is 0 Å². The van der Waals surface area contributed by atoms with Crippen LogP contribution in [0.1, 0.15) is 11.1 Å². The summed E-state index contributed by atoms with van der Waals surface area (Å²) in [6.45, 7) is 1.90. The molecule has 0 fully saturated rings. The van der Waals surface area contributed by atoms with E-state index < -0.39 is 0 Å². The number of fused-ring (bicyclic) bond motifs is 2. The molecule has 0 saturated heterocycles. The van der Waals surface area contributed by atoms with Crippen molar-refractivity contribution < 1.29 is 8.81 Å². The number of rotatable bonds is 1. The predicted octanol–water partition coefficient (Wildman–Crippen LogP) is 3.28. The van der Waals surface area contributed by atoms with Gasteiger partial charge in [-0.2, -0.15) is 0 Å². The summed E-state index contributed by atoms with van der Waals surface area (Å²) in [5.74, 6) is 0.230. The Labute approximate surface area is 115 Å². The van der Waals surface area contributed by atoms with Crippen LogP contribution in [0.2, 0.25) is 0 Å². The molecule has 0 unspecified atom stereocenters. The van der Waals surface area contributed by atoms with Crippen molar-refractivity contribution in [3.63, 3.8) is 0 Å². The Morgan fingerprint density at radius 1 is 1.10 bits per heavy atom. The minimum Gasteiger partial charge on any atom is -0.436 e. The summed E-state index contributed by atoms with van der Waals surface area (Å²) in [7, 11) is 0. The highest BCUT2D eigenvalue weighted by Gasteiger charge is 2.13. The molecular formula is C16H13FN2O. The molecule has 0 radical (unpaired) electrons. The second-order valence-corrected chi connectivity index (χ2v) is 5.04. The highest BCUT2D eigenvalue weighted by molar-refractivity contribution is 5.76. The molecule has 3 nitrogen and oxygen atoms in total. The van der Waals surface area contributed by atoms with Gasteiger partial charge in [-0.05, 0) is 48.4 Å². The summed E-state index contributed by atoms with van der Waals surface area (Å²) in [5.41, 5.74) is 4.74. The third-order valence-corrected chi connectivity index (χ3v) is 3.69. The van der Waals surface area contributed by atoms with Gasteiger partial charge in [-0.25, -0.2) is 9.37 Å². The average molecular weight is 268 g/mol. The van der Waals surface area contributed by atoms with Crippen LogP contribution in [0.25, 0.3) is 22.6 Å². The number of halogens is 1. The van der Waals surface area contributed by atoms with E-state index in [4.69, 9.17) is 4.42 Å². The van der Waals surface area contributed by atoms with Gasteiger partial charge in [-0.15, -0.1) is 0 Å². The van der Waals surface area contributed by atoms with E-state index in [1.807, 2.05) is 6.07 Å². The zero-order chi connectivity index (χ0) is 13.5.